The first-order valence-corrected chi connectivity index (χ1v) is 7.68. The number of rotatable bonds is 5. The van der Waals surface area contributed by atoms with E-state index in [1.54, 1.807) is 25.6 Å². The van der Waals surface area contributed by atoms with Crippen LogP contribution in [-0.2, 0) is 0 Å². The van der Waals surface area contributed by atoms with Gasteiger partial charge in [-0.25, -0.2) is 4.79 Å². The fourth-order valence-electron chi connectivity index (χ4n) is 1.95. The summed E-state index contributed by atoms with van der Waals surface area (Å²) in [4.78, 5) is 13.7. The highest BCUT2D eigenvalue weighted by molar-refractivity contribution is 7.99. The van der Waals surface area contributed by atoms with Crippen LogP contribution in [-0.4, -0.2) is 52.8 Å². The maximum Gasteiger partial charge on any atom is 0.317 e. The van der Waals surface area contributed by atoms with Gasteiger partial charge in [0.2, 0.25) is 0 Å². The van der Waals surface area contributed by atoms with Crippen molar-refractivity contribution in [3.05, 3.63) is 0 Å². The number of thioether (sulfide) groups is 1. The zero-order valence-electron chi connectivity index (χ0n) is 12.0. The molecule has 0 saturated carbocycles. The molecule has 0 unspecified atom stereocenters. The minimum Gasteiger partial charge on any atom is -0.390 e. The first kappa shape index (κ1) is 15.6. The summed E-state index contributed by atoms with van der Waals surface area (Å²) in [5, 5.41) is 12.5. The molecular weight excluding hydrogens is 248 g/mol. The van der Waals surface area contributed by atoms with Crippen molar-refractivity contribution in [2.24, 2.45) is 5.41 Å². The molecule has 1 rings (SSSR count). The highest BCUT2D eigenvalue weighted by Crippen LogP contribution is 2.28. The summed E-state index contributed by atoms with van der Waals surface area (Å²) in [6.07, 6.45) is 1.08. The Morgan fingerprint density at radius 1 is 1.50 bits per heavy atom. The molecule has 1 heterocycles. The summed E-state index contributed by atoms with van der Waals surface area (Å²) in [5.41, 5.74) is -0.374. The van der Waals surface area contributed by atoms with Gasteiger partial charge in [-0.2, -0.15) is 11.8 Å². The van der Waals surface area contributed by atoms with E-state index in [1.807, 2.05) is 4.90 Å². The Hall–Kier alpha value is -0.420. The second-order valence-electron chi connectivity index (χ2n) is 6.43. The van der Waals surface area contributed by atoms with Crippen LogP contribution in [0, 0.1) is 5.41 Å². The van der Waals surface area contributed by atoms with E-state index < -0.39 is 5.60 Å². The van der Waals surface area contributed by atoms with Crippen molar-refractivity contribution in [2.45, 2.75) is 39.7 Å². The van der Waals surface area contributed by atoms with E-state index in [-0.39, 0.29) is 11.4 Å². The molecule has 2 amide bonds. The molecule has 0 aromatic rings. The van der Waals surface area contributed by atoms with Gasteiger partial charge in [0.1, 0.15) is 0 Å². The predicted octanol–water partition coefficient (Wildman–Crippen LogP) is 1.93. The molecule has 0 aliphatic carbocycles. The normalized spacial score (nSPS) is 19.1. The van der Waals surface area contributed by atoms with Gasteiger partial charge >= 0.3 is 6.03 Å². The molecule has 0 spiro atoms. The van der Waals surface area contributed by atoms with Crippen molar-refractivity contribution in [3.63, 3.8) is 0 Å². The van der Waals surface area contributed by atoms with Gasteiger partial charge in [0.15, 0.2) is 0 Å². The zero-order chi connectivity index (χ0) is 13.8. The van der Waals surface area contributed by atoms with Crippen LogP contribution >= 0.6 is 11.8 Å². The van der Waals surface area contributed by atoms with Crippen LogP contribution < -0.4 is 5.32 Å². The van der Waals surface area contributed by atoms with Gasteiger partial charge in [-0.15, -0.1) is 0 Å². The van der Waals surface area contributed by atoms with Crippen molar-refractivity contribution in [1.29, 1.82) is 0 Å². The van der Waals surface area contributed by atoms with Crippen LogP contribution in [0.25, 0.3) is 0 Å². The SMILES string of the molecule is CC(C)(O)CSCCNC(=O)N1CCC(C)(C)C1. The highest BCUT2D eigenvalue weighted by atomic mass is 32.2. The van der Waals surface area contributed by atoms with Gasteiger partial charge in [-0.3, -0.25) is 0 Å². The second kappa shape index (κ2) is 6.15. The third kappa shape index (κ3) is 5.96. The third-order valence-corrected chi connectivity index (χ3v) is 4.35. The van der Waals surface area contributed by atoms with Crippen molar-refractivity contribution < 1.29 is 9.90 Å². The average Bonchev–Trinajstić information content (AvgIpc) is 2.56. The number of carbonyl (C=O) groups excluding carboxylic acids is 1. The zero-order valence-corrected chi connectivity index (χ0v) is 12.8. The first-order chi connectivity index (χ1) is 8.20. The molecule has 0 atom stereocenters. The second-order valence-corrected chi connectivity index (χ2v) is 7.54. The minimum absolute atomic E-state index is 0.0458. The average molecular weight is 274 g/mol. The standard InChI is InChI=1S/C13H26N2O2S/c1-12(2)5-7-15(9-12)11(16)14-6-8-18-10-13(3,4)17/h17H,5-10H2,1-4H3,(H,14,16). The number of nitrogens with zero attached hydrogens (tertiary/aromatic N) is 1. The molecule has 4 nitrogen and oxygen atoms in total. The molecule has 18 heavy (non-hydrogen) atoms. The summed E-state index contributed by atoms with van der Waals surface area (Å²) in [6, 6.07) is 0.0458. The molecular formula is C13H26N2O2S. The van der Waals surface area contributed by atoms with E-state index in [0.717, 1.165) is 25.3 Å². The van der Waals surface area contributed by atoms with Crippen LogP contribution in [0.4, 0.5) is 4.79 Å². The smallest absolute Gasteiger partial charge is 0.317 e. The molecule has 106 valence electrons. The lowest BCUT2D eigenvalue weighted by molar-refractivity contribution is 0.107. The Morgan fingerprint density at radius 2 is 2.17 bits per heavy atom. The van der Waals surface area contributed by atoms with Crippen LogP contribution in [0.3, 0.4) is 0 Å². The van der Waals surface area contributed by atoms with Crippen LogP contribution in [0.1, 0.15) is 34.1 Å². The first-order valence-electron chi connectivity index (χ1n) is 6.53. The Balaban J connectivity index is 2.11. The molecule has 1 aliphatic heterocycles. The molecule has 0 bridgehead atoms. The number of amides is 2. The van der Waals surface area contributed by atoms with Crippen molar-refractivity contribution in [2.75, 3.05) is 31.1 Å². The highest BCUT2D eigenvalue weighted by Gasteiger charge is 2.31. The maximum absolute atomic E-state index is 11.8. The number of aliphatic hydroxyl groups is 1. The molecule has 5 heteroatoms. The van der Waals surface area contributed by atoms with Crippen LogP contribution in [0.2, 0.25) is 0 Å². The van der Waals surface area contributed by atoms with Gasteiger partial charge in [-0.05, 0) is 25.7 Å². The molecule has 0 radical (unpaired) electrons. The van der Waals surface area contributed by atoms with Gasteiger partial charge in [-0.1, -0.05) is 13.8 Å². The topological polar surface area (TPSA) is 52.6 Å². The van der Waals surface area contributed by atoms with Crippen molar-refractivity contribution in [1.82, 2.24) is 10.2 Å². The molecule has 0 aromatic carbocycles. The number of carbonyl (C=O) groups is 1. The Bertz CT molecular complexity index is 287. The minimum atomic E-state index is -0.631. The summed E-state index contributed by atoms with van der Waals surface area (Å²) < 4.78 is 0. The summed E-state index contributed by atoms with van der Waals surface area (Å²) in [6.45, 7) is 10.3. The summed E-state index contributed by atoms with van der Waals surface area (Å²) in [7, 11) is 0. The largest absolute Gasteiger partial charge is 0.390 e. The quantitative estimate of drug-likeness (QED) is 0.753. The molecule has 1 aliphatic rings. The maximum atomic E-state index is 11.8. The monoisotopic (exact) mass is 274 g/mol. The lowest BCUT2D eigenvalue weighted by Gasteiger charge is -2.20. The van der Waals surface area contributed by atoms with E-state index in [4.69, 9.17) is 0 Å². The fourth-order valence-corrected chi connectivity index (χ4v) is 2.84. The van der Waals surface area contributed by atoms with E-state index in [1.165, 1.54) is 0 Å². The van der Waals surface area contributed by atoms with E-state index in [2.05, 4.69) is 19.2 Å². The third-order valence-electron chi connectivity index (χ3n) is 2.94. The number of hydrogen-bond acceptors (Lipinski definition) is 3. The number of urea groups is 1. The van der Waals surface area contributed by atoms with E-state index in [9.17, 15) is 9.90 Å². The summed E-state index contributed by atoms with van der Waals surface area (Å²) in [5.74, 6) is 1.53. The lowest BCUT2D eigenvalue weighted by Crippen LogP contribution is -2.40. The molecule has 1 fully saturated rings. The van der Waals surface area contributed by atoms with Gasteiger partial charge in [0, 0.05) is 31.1 Å². The van der Waals surface area contributed by atoms with Crippen molar-refractivity contribution >= 4 is 17.8 Å². The Kier molecular flexibility index (Phi) is 5.34. The van der Waals surface area contributed by atoms with Crippen LogP contribution in [0.5, 0.6) is 0 Å². The van der Waals surface area contributed by atoms with Gasteiger partial charge in [0.25, 0.3) is 0 Å². The molecule has 2 N–H and O–H groups in total. The number of hydrogen-bond donors (Lipinski definition) is 2. The van der Waals surface area contributed by atoms with Crippen LogP contribution in [0.15, 0.2) is 0 Å². The van der Waals surface area contributed by atoms with Crippen molar-refractivity contribution in [3.8, 4) is 0 Å². The summed E-state index contributed by atoms with van der Waals surface area (Å²) >= 11 is 1.66. The predicted molar refractivity (Wildman–Crippen MR) is 77.0 cm³/mol. The van der Waals surface area contributed by atoms with Gasteiger partial charge < -0.3 is 15.3 Å². The van der Waals surface area contributed by atoms with E-state index >= 15 is 0 Å². The molecule has 1 saturated heterocycles. The number of likely N-dealkylation sites (tertiary alicyclic amines) is 1. The van der Waals surface area contributed by atoms with Gasteiger partial charge in [0.05, 0.1) is 5.60 Å². The fraction of sp³-hybridized carbons (Fsp3) is 0.923. The molecule has 0 aromatic heterocycles. The Labute approximate surface area is 115 Å². The lowest BCUT2D eigenvalue weighted by atomic mass is 9.93. The van der Waals surface area contributed by atoms with E-state index in [0.29, 0.717) is 12.3 Å². The number of nitrogens with one attached hydrogen (secondary N) is 1. The Morgan fingerprint density at radius 3 is 2.67 bits per heavy atom.